The van der Waals surface area contributed by atoms with Gasteiger partial charge >= 0.3 is 0 Å². The van der Waals surface area contributed by atoms with Crippen molar-refractivity contribution in [2.45, 2.75) is 44.9 Å². The van der Waals surface area contributed by atoms with E-state index in [-0.39, 0.29) is 5.56 Å². The van der Waals surface area contributed by atoms with Gasteiger partial charge in [-0.3, -0.25) is 4.79 Å². The topological polar surface area (TPSA) is 62.2 Å². The molecule has 1 fully saturated rings. The number of rotatable bonds is 3. The monoisotopic (exact) mass is 324 g/mol. The van der Waals surface area contributed by atoms with Crippen LogP contribution >= 0.6 is 0 Å². The van der Waals surface area contributed by atoms with Gasteiger partial charge in [0, 0.05) is 17.4 Å². The van der Waals surface area contributed by atoms with E-state index in [0.29, 0.717) is 11.8 Å². The Bertz CT molecular complexity index is 934. The molecule has 4 rings (SSSR count). The van der Waals surface area contributed by atoms with Gasteiger partial charge in [0.15, 0.2) is 0 Å². The third kappa shape index (κ3) is 2.44. The fourth-order valence-corrected chi connectivity index (χ4v) is 3.85. The molecular weight excluding hydrogens is 300 g/mol. The van der Waals surface area contributed by atoms with Crippen molar-refractivity contribution < 1.29 is 0 Å². The summed E-state index contributed by atoms with van der Waals surface area (Å²) < 4.78 is 1.98. The minimum Gasteiger partial charge on any atom is -0.317 e. The van der Waals surface area contributed by atoms with Crippen LogP contribution in [0.1, 0.15) is 56.2 Å². The lowest BCUT2D eigenvalue weighted by atomic mass is 9.94. The van der Waals surface area contributed by atoms with Gasteiger partial charge in [0.1, 0.15) is 5.65 Å². The summed E-state index contributed by atoms with van der Waals surface area (Å²) in [5, 5.41) is 9.32. The number of hydrogen-bond donors (Lipinski definition) is 2. The molecule has 2 aromatic heterocycles. The Hall–Kier alpha value is -2.14. The van der Waals surface area contributed by atoms with Crippen LogP contribution in [0.4, 0.5) is 0 Å². The number of hydrogen-bond acceptors (Lipinski definition) is 3. The highest BCUT2D eigenvalue weighted by Crippen LogP contribution is 2.32. The highest BCUT2D eigenvalue weighted by atomic mass is 16.1. The van der Waals surface area contributed by atoms with Gasteiger partial charge in [-0.2, -0.15) is 5.10 Å². The van der Waals surface area contributed by atoms with Gasteiger partial charge in [0.05, 0.1) is 11.2 Å². The predicted octanol–water partition coefficient (Wildman–Crippen LogP) is 3.16. The van der Waals surface area contributed by atoms with Gasteiger partial charge in [-0.15, -0.1) is 0 Å². The molecule has 24 heavy (non-hydrogen) atoms. The fraction of sp³-hybridized carbons (Fsp3) is 0.474. The van der Waals surface area contributed by atoms with Crippen LogP contribution in [0.15, 0.2) is 29.1 Å². The Morgan fingerprint density at radius 3 is 2.88 bits per heavy atom. The highest BCUT2D eigenvalue weighted by Gasteiger charge is 2.22. The molecule has 0 radical (unpaired) electrons. The number of nitrogens with zero attached hydrogens (tertiary/aromatic N) is 2. The molecule has 5 heteroatoms. The summed E-state index contributed by atoms with van der Waals surface area (Å²) >= 11 is 0. The lowest BCUT2D eigenvalue weighted by molar-refractivity contribution is 0.446. The average molecular weight is 324 g/mol. The Balaban J connectivity index is 2.01. The maximum atomic E-state index is 12.3. The maximum absolute atomic E-state index is 12.3. The summed E-state index contributed by atoms with van der Waals surface area (Å²) in [7, 11) is 0. The fourth-order valence-electron chi connectivity index (χ4n) is 3.85. The van der Waals surface area contributed by atoms with Gasteiger partial charge in [0.2, 0.25) is 0 Å². The van der Waals surface area contributed by atoms with Gasteiger partial charge in [-0.05, 0) is 49.9 Å². The van der Waals surface area contributed by atoms with E-state index < -0.39 is 0 Å². The summed E-state index contributed by atoms with van der Waals surface area (Å²) in [4.78, 5) is 15.4. The van der Waals surface area contributed by atoms with Crippen LogP contribution < -0.4 is 10.9 Å². The normalized spacial score (nSPS) is 17.6. The molecule has 1 saturated heterocycles. The number of nitrogens with one attached hydrogen (secondary N) is 2. The van der Waals surface area contributed by atoms with Crippen molar-refractivity contribution in [2.24, 2.45) is 0 Å². The first-order valence-corrected chi connectivity index (χ1v) is 8.94. The Morgan fingerprint density at radius 2 is 2.12 bits per heavy atom. The number of fused-ring (bicyclic) bond motifs is 3. The first kappa shape index (κ1) is 15.4. The first-order valence-electron chi connectivity index (χ1n) is 8.94. The summed E-state index contributed by atoms with van der Waals surface area (Å²) in [5.74, 6) is 0.824. The molecule has 1 aliphatic heterocycles. The van der Waals surface area contributed by atoms with Crippen LogP contribution in [0.5, 0.6) is 0 Å². The van der Waals surface area contributed by atoms with Crippen molar-refractivity contribution in [1.82, 2.24) is 19.9 Å². The second-order valence-electron chi connectivity index (χ2n) is 6.89. The number of aromatic nitrogens is 3. The highest BCUT2D eigenvalue weighted by molar-refractivity contribution is 5.95. The van der Waals surface area contributed by atoms with Crippen molar-refractivity contribution in [3.63, 3.8) is 0 Å². The largest absolute Gasteiger partial charge is 0.317 e. The average Bonchev–Trinajstić information content (AvgIpc) is 2.99. The third-order valence-corrected chi connectivity index (χ3v) is 5.40. The van der Waals surface area contributed by atoms with Gasteiger partial charge in [-0.25, -0.2) is 4.52 Å². The molecule has 1 atom stereocenters. The van der Waals surface area contributed by atoms with E-state index in [9.17, 15) is 4.79 Å². The Kier molecular flexibility index (Phi) is 3.88. The molecule has 2 N–H and O–H groups in total. The van der Waals surface area contributed by atoms with Gasteiger partial charge in [-0.1, -0.05) is 26.0 Å². The minimum atomic E-state index is -0.0308. The number of H-pyrrole nitrogens is 1. The van der Waals surface area contributed by atoms with Crippen LogP contribution in [0, 0.1) is 0 Å². The summed E-state index contributed by atoms with van der Waals surface area (Å²) in [5.41, 5.74) is 4.09. The van der Waals surface area contributed by atoms with Crippen LogP contribution in [0.25, 0.3) is 16.6 Å². The zero-order valence-corrected chi connectivity index (χ0v) is 14.3. The first-order chi connectivity index (χ1) is 11.7. The molecule has 1 unspecified atom stereocenters. The number of benzene rings is 1. The number of aromatic amines is 1. The molecular formula is C19H24N4O. The molecule has 5 nitrogen and oxygen atoms in total. The quantitative estimate of drug-likeness (QED) is 0.778. The second-order valence-corrected chi connectivity index (χ2v) is 6.89. The van der Waals surface area contributed by atoms with Crippen LogP contribution in [-0.4, -0.2) is 27.7 Å². The zero-order valence-electron chi connectivity index (χ0n) is 14.3. The van der Waals surface area contributed by atoms with E-state index >= 15 is 0 Å². The van der Waals surface area contributed by atoms with E-state index in [0.717, 1.165) is 54.6 Å². The third-order valence-electron chi connectivity index (χ3n) is 5.40. The molecule has 0 saturated carbocycles. The van der Waals surface area contributed by atoms with E-state index in [1.165, 1.54) is 5.56 Å². The molecule has 0 amide bonds. The SMILES string of the molecule is CCC(C)c1cccc2nn3c(C4CCNCC4)cc(=O)[nH]c3c12. The van der Waals surface area contributed by atoms with Crippen LogP contribution in [-0.2, 0) is 0 Å². The lowest BCUT2D eigenvalue weighted by Crippen LogP contribution is -2.28. The van der Waals surface area contributed by atoms with Crippen molar-refractivity contribution in [3.8, 4) is 0 Å². The molecule has 3 heterocycles. The summed E-state index contributed by atoms with van der Waals surface area (Å²) in [6.45, 7) is 6.42. The Morgan fingerprint density at radius 1 is 1.33 bits per heavy atom. The van der Waals surface area contributed by atoms with Crippen molar-refractivity contribution in [2.75, 3.05) is 13.1 Å². The molecule has 0 spiro atoms. The van der Waals surface area contributed by atoms with Crippen molar-refractivity contribution >= 4 is 16.6 Å². The Labute approximate surface area is 141 Å². The van der Waals surface area contributed by atoms with Gasteiger partial charge < -0.3 is 10.3 Å². The molecule has 0 bridgehead atoms. The standard InChI is InChI=1S/C19H24N4O/c1-3-12(2)14-5-4-6-15-18(14)19-21-17(24)11-16(23(19)22-15)13-7-9-20-10-8-13/h4-6,11-13,20H,3,7-10H2,1-2H3,(H,21,24). The van der Waals surface area contributed by atoms with Crippen LogP contribution in [0.2, 0.25) is 0 Å². The lowest BCUT2D eigenvalue weighted by Gasteiger charge is -2.23. The van der Waals surface area contributed by atoms with E-state index in [1.807, 2.05) is 10.6 Å². The molecule has 0 aliphatic carbocycles. The van der Waals surface area contributed by atoms with E-state index in [2.05, 4.69) is 36.3 Å². The molecule has 3 aromatic rings. The smallest absolute Gasteiger partial charge is 0.251 e. The summed E-state index contributed by atoms with van der Waals surface area (Å²) in [6.07, 6.45) is 3.16. The molecule has 1 aliphatic rings. The molecule has 1 aromatic carbocycles. The number of piperidine rings is 1. The van der Waals surface area contributed by atoms with Gasteiger partial charge in [0.25, 0.3) is 5.56 Å². The minimum absolute atomic E-state index is 0.0308. The summed E-state index contributed by atoms with van der Waals surface area (Å²) in [6, 6.07) is 8.00. The van der Waals surface area contributed by atoms with Crippen molar-refractivity contribution in [3.05, 3.63) is 45.9 Å². The van der Waals surface area contributed by atoms with E-state index in [1.54, 1.807) is 6.07 Å². The zero-order chi connectivity index (χ0) is 16.7. The molecule has 126 valence electrons. The predicted molar refractivity (Wildman–Crippen MR) is 96.9 cm³/mol. The van der Waals surface area contributed by atoms with Crippen LogP contribution in [0.3, 0.4) is 0 Å². The second kappa shape index (κ2) is 6.06. The maximum Gasteiger partial charge on any atom is 0.251 e. The van der Waals surface area contributed by atoms with Crippen molar-refractivity contribution in [1.29, 1.82) is 0 Å². The van der Waals surface area contributed by atoms with E-state index in [4.69, 9.17) is 5.10 Å².